The number of aromatic hydroxyl groups is 3. The maximum Gasteiger partial charge on any atom is 0.123 e. The third-order valence-electron chi connectivity index (χ3n) is 7.69. The van der Waals surface area contributed by atoms with Crippen LogP contribution in [0, 0.1) is 20.8 Å². The van der Waals surface area contributed by atoms with Crippen molar-refractivity contribution in [3.05, 3.63) is 86.0 Å². The van der Waals surface area contributed by atoms with Crippen LogP contribution in [0.1, 0.15) is 118 Å². The Morgan fingerprint density at radius 3 is 1.34 bits per heavy atom. The number of phenolic OH excluding ortho intramolecular Hbond substituents is 3. The van der Waals surface area contributed by atoms with Crippen LogP contribution in [0.3, 0.4) is 0 Å². The highest BCUT2D eigenvalue weighted by atomic mass is 16.3. The molecule has 3 N–H and O–H groups in total. The zero-order valence-corrected chi connectivity index (χ0v) is 25.6. The fourth-order valence-corrected chi connectivity index (χ4v) is 5.39. The molecule has 0 heterocycles. The first-order valence-corrected chi connectivity index (χ1v) is 13.7. The van der Waals surface area contributed by atoms with Gasteiger partial charge in [0.1, 0.15) is 17.2 Å². The first-order chi connectivity index (χ1) is 17.2. The van der Waals surface area contributed by atoms with E-state index in [4.69, 9.17) is 0 Å². The van der Waals surface area contributed by atoms with E-state index in [0.29, 0.717) is 30.1 Å². The van der Waals surface area contributed by atoms with Crippen LogP contribution >= 0.6 is 0 Å². The van der Waals surface area contributed by atoms with Crippen LogP contribution in [0.2, 0.25) is 0 Å². The van der Waals surface area contributed by atoms with Crippen molar-refractivity contribution in [1.29, 1.82) is 0 Å². The fourth-order valence-electron chi connectivity index (χ4n) is 5.39. The Balaban J connectivity index is 2.20. The Kier molecular flexibility index (Phi) is 7.78. The van der Waals surface area contributed by atoms with Crippen LogP contribution < -0.4 is 0 Å². The minimum Gasteiger partial charge on any atom is -0.507 e. The summed E-state index contributed by atoms with van der Waals surface area (Å²) >= 11 is 0. The van der Waals surface area contributed by atoms with Crippen molar-refractivity contribution in [2.24, 2.45) is 0 Å². The van der Waals surface area contributed by atoms with Gasteiger partial charge in [-0.1, -0.05) is 92.6 Å². The topological polar surface area (TPSA) is 60.7 Å². The molecule has 0 aliphatic carbocycles. The second-order valence-electron chi connectivity index (χ2n) is 14.3. The lowest BCUT2D eigenvalue weighted by atomic mass is 9.77. The van der Waals surface area contributed by atoms with Crippen LogP contribution in [0.5, 0.6) is 17.2 Å². The molecule has 0 spiro atoms. The molecule has 206 valence electrons. The van der Waals surface area contributed by atoms with Gasteiger partial charge in [0, 0.05) is 0 Å². The molecule has 0 saturated carbocycles. The van der Waals surface area contributed by atoms with Crippen LogP contribution in [-0.2, 0) is 29.1 Å². The van der Waals surface area contributed by atoms with E-state index >= 15 is 0 Å². The van der Waals surface area contributed by atoms with Crippen molar-refractivity contribution in [3.8, 4) is 17.2 Å². The molecule has 0 bridgehead atoms. The zero-order valence-electron chi connectivity index (χ0n) is 25.6. The molecule has 0 aromatic heterocycles. The zero-order chi connectivity index (χ0) is 29.0. The van der Waals surface area contributed by atoms with E-state index in [-0.39, 0.29) is 16.2 Å². The number of hydrogen-bond acceptors (Lipinski definition) is 3. The highest BCUT2D eigenvalue weighted by Crippen LogP contribution is 2.41. The van der Waals surface area contributed by atoms with Crippen LogP contribution in [-0.4, -0.2) is 15.3 Å². The lowest BCUT2D eigenvalue weighted by molar-refractivity contribution is 0.422. The Labute approximate surface area is 230 Å². The first kappa shape index (κ1) is 29.6. The summed E-state index contributed by atoms with van der Waals surface area (Å²) in [5.74, 6) is 1.09. The van der Waals surface area contributed by atoms with Gasteiger partial charge in [0.15, 0.2) is 0 Å². The molecule has 0 unspecified atom stereocenters. The predicted octanol–water partition coefficient (Wildman–Crippen LogP) is 8.80. The number of rotatable bonds is 4. The fraction of sp³-hybridized carbons (Fsp3) is 0.486. The number of aryl methyl sites for hydroxylation is 2. The van der Waals surface area contributed by atoms with E-state index in [1.165, 1.54) is 5.56 Å². The van der Waals surface area contributed by atoms with E-state index < -0.39 is 0 Å². The summed E-state index contributed by atoms with van der Waals surface area (Å²) < 4.78 is 0. The maximum atomic E-state index is 11.2. The SMILES string of the molecule is Cc1cc(Cc2cc(C)c(O)c(C)c2Cc2cc(C(C)(C)C)c(O)c(C(C)(C)C)c2)cc(C(C)(C)C)c1O. The van der Waals surface area contributed by atoms with Gasteiger partial charge in [0.2, 0.25) is 0 Å². The number of hydrogen-bond donors (Lipinski definition) is 3. The van der Waals surface area contributed by atoms with E-state index in [1.54, 1.807) is 0 Å². The largest absolute Gasteiger partial charge is 0.507 e. The van der Waals surface area contributed by atoms with Gasteiger partial charge in [0.25, 0.3) is 0 Å². The summed E-state index contributed by atoms with van der Waals surface area (Å²) in [7, 11) is 0. The molecule has 0 aliphatic heterocycles. The molecular weight excluding hydrogens is 468 g/mol. The minimum atomic E-state index is -0.208. The van der Waals surface area contributed by atoms with Crippen molar-refractivity contribution in [2.45, 2.75) is 112 Å². The highest BCUT2D eigenvalue weighted by molar-refractivity contribution is 5.55. The first-order valence-electron chi connectivity index (χ1n) is 13.7. The summed E-state index contributed by atoms with van der Waals surface area (Å²) in [6.07, 6.45) is 1.36. The molecule has 0 saturated heterocycles. The summed E-state index contributed by atoms with van der Waals surface area (Å²) in [5, 5.41) is 32.9. The molecule has 0 aliphatic rings. The summed E-state index contributed by atoms with van der Waals surface area (Å²) in [6, 6.07) is 10.6. The van der Waals surface area contributed by atoms with E-state index in [2.05, 4.69) is 92.6 Å². The van der Waals surface area contributed by atoms with Gasteiger partial charge in [-0.05, 0) is 105 Å². The molecular formula is C35H48O3. The molecule has 3 aromatic carbocycles. The lowest BCUT2D eigenvalue weighted by Crippen LogP contribution is -2.18. The van der Waals surface area contributed by atoms with Crippen molar-refractivity contribution in [3.63, 3.8) is 0 Å². The third kappa shape index (κ3) is 6.03. The lowest BCUT2D eigenvalue weighted by Gasteiger charge is -2.28. The molecule has 3 heteroatoms. The Morgan fingerprint density at radius 2 is 0.895 bits per heavy atom. The minimum absolute atomic E-state index is 0.173. The Morgan fingerprint density at radius 1 is 0.500 bits per heavy atom. The quantitative estimate of drug-likeness (QED) is 0.325. The van der Waals surface area contributed by atoms with Crippen molar-refractivity contribution in [1.82, 2.24) is 0 Å². The van der Waals surface area contributed by atoms with E-state index in [1.807, 2.05) is 20.8 Å². The Hall–Kier alpha value is -2.94. The van der Waals surface area contributed by atoms with Crippen LogP contribution in [0.25, 0.3) is 0 Å². The summed E-state index contributed by atoms with van der Waals surface area (Å²) in [4.78, 5) is 0. The van der Waals surface area contributed by atoms with Gasteiger partial charge in [-0.2, -0.15) is 0 Å². The Bertz CT molecular complexity index is 1320. The molecule has 3 nitrogen and oxygen atoms in total. The van der Waals surface area contributed by atoms with Crippen LogP contribution in [0.4, 0.5) is 0 Å². The molecule has 0 fully saturated rings. The van der Waals surface area contributed by atoms with Crippen molar-refractivity contribution >= 4 is 0 Å². The van der Waals surface area contributed by atoms with E-state index in [9.17, 15) is 15.3 Å². The molecule has 38 heavy (non-hydrogen) atoms. The van der Waals surface area contributed by atoms with Gasteiger partial charge >= 0.3 is 0 Å². The number of benzene rings is 3. The molecule has 3 rings (SSSR count). The average Bonchev–Trinajstić information content (AvgIpc) is 2.75. The summed E-state index contributed by atoms with van der Waals surface area (Å²) in [6.45, 7) is 25.1. The molecule has 3 aromatic rings. The monoisotopic (exact) mass is 516 g/mol. The maximum absolute atomic E-state index is 11.2. The van der Waals surface area contributed by atoms with Gasteiger partial charge in [-0.25, -0.2) is 0 Å². The van der Waals surface area contributed by atoms with Gasteiger partial charge in [0.05, 0.1) is 0 Å². The second kappa shape index (κ2) is 9.98. The van der Waals surface area contributed by atoms with Crippen molar-refractivity contribution in [2.75, 3.05) is 0 Å². The number of phenols is 3. The van der Waals surface area contributed by atoms with Gasteiger partial charge in [-0.15, -0.1) is 0 Å². The van der Waals surface area contributed by atoms with Crippen molar-refractivity contribution < 1.29 is 15.3 Å². The second-order valence-corrected chi connectivity index (χ2v) is 14.3. The van der Waals surface area contributed by atoms with Gasteiger partial charge in [-0.3, -0.25) is 0 Å². The van der Waals surface area contributed by atoms with Crippen LogP contribution in [0.15, 0.2) is 30.3 Å². The average molecular weight is 517 g/mol. The highest BCUT2D eigenvalue weighted by Gasteiger charge is 2.27. The normalized spacial score (nSPS) is 12.7. The van der Waals surface area contributed by atoms with E-state index in [0.717, 1.165) is 50.1 Å². The molecule has 0 atom stereocenters. The standard InChI is InChI=1S/C35H48O3/c1-20-13-23(17-27(31(20)37)33(4,5)6)15-25-14-21(2)30(36)22(3)26(25)16-24-18-28(34(7,8)9)32(38)29(19-24)35(10,11)12/h13-14,17-19,36-38H,15-16H2,1-12H3. The molecule has 0 amide bonds. The third-order valence-corrected chi connectivity index (χ3v) is 7.69. The smallest absolute Gasteiger partial charge is 0.123 e. The predicted molar refractivity (Wildman–Crippen MR) is 160 cm³/mol. The van der Waals surface area contributed by atoms with Gasteiger partial charge < -0.3 is 15.3 Å². The molecule has 0 radical (unpaired) electrons. The summed E-state index contributed by atoms with van der Waals surface area (Å²) in [5.41, 5.74) is 9.45.